The van der Waals surface area contributed by atoms with Gasteiger partial charge in [-0.2, -0.15) is 15.1 Å². The van der Waals surface area contributed by atoms with Crippen molar-refractivity contribution < 1.29 is 4.39 Å². The van der Waals surface area contributed by atoms with Gasteiger partial charge in [0.1, 0.15) is 11.6 Å². The van der Waals surface area contributed by atoms with Crippen LogP contribution in [0.25, 0.3) is 16.7 Å². The Morgan fingerprint density at radius 2 is 1.77 bits per heavy atom. The maximum Gasteiger partial charge on any atom is 0.229 e. The summed E-state index contributed by atoms with van der Waals surface area (Å²) in [5.74, 6) is 0.969. The van der Waals surface area contributed by atoms with Gasteiger partial charge in [0, 0.05) is 31.9 Å². The molecule has 1 fully saturated rings. The molecule has 3 heterocycles. The minimum atomic E-state index is -0.300. The lowest BCUT2D eigenvalue weighted by molar-refractivity contribution is 0.270. The molecular weight excluding hydrogens is 393 g/mol. The molecule has 1 N–H and O–H groups in total. The third-order valence-corrected chi connectivity index (χ3v) is 5.61. The number of rotatable bonds is 5. The summed E-state index contributed by atoms with van der Waals surface area (Å²) in [5.41, 5.74) is 2.27. The van der Waals surface area contributed by atoms with E-state index in [1.807, 2.05) is 41.1 Å². The van der Waals surface area contributed by atoms with Gasteiger partial charge in [0.2, 0.25) is 5.95 Å². The predicted molar refractivity (Wildman–Crippen MR) is 121 cm³/mol. The van der Waals surface area contributed by atoms with Gasteiger partial charge in [-0.25, -0.2) is 9.07 Å². The van der Waals surface area contributed by atoms with Crippen molar-refractivity contribution in [1.82, 2.24) is 24.6 Å². The van der Waals surface area contributed by atoms with Crippen LogP contribution in [0.4, 0.5) is 21.8 Å². The van der Waals surface area contributed by atoms with Gasteiger partial charge in [-0.15, -0.1) is 0 Å². The molecule has 1 aliphatic heterocycles. The summed E-state index contributed by atoms with van der Waals surface area (Å²) < 4.78 is 15.6. The maximum atomic E-state index is 13.7. The Hall–Kier alpha value is -3.52. The van der Waals surface area contributed by atoms with Crippen LogP contribution in [-0.4, -0.2) is 57.4 Å². The highest BCUT2D eigenvalue weighted by atomic mass is 19.1. The van der Waals surface area contributed by atoms with E-state index in [1.165, 1.54) is 12.1 Å². The quantitative estimate of drug-likeness (QED) is 0.532. The number of likely N-dealkylation sites (N-methyl/N-ethyl adjacent to an activating group) is 1. The van der Waals surface area contributed by atoms with E-state index in [0.717, 1.165) is 43.8 Å². The zero-order valence-electron chi connectivity index (χ0n) is 17.4. The molecule has 0 bridgehead atoms. The Morgan fingerprint density at radius 3 is 2.52 bits per heavy atom. The summed E-state index contributed by atoms with van der Waals surface area (Å²) in [6.45, 7) is 6.89. The van der Waals surface area contributed by atoms with Gasteiger partial charge >= 0.3 is 0 Å². The number of para-hydroxylation sites is 1. The number of halogens is 1. The molecule has 0 unspecified atom stereocenters. The van der Waals surface area contributed by atoms with Crippen LogP contribution in [-0.2, 0) is 0 Å². The Kier molecular flexibility index (Phi) is 5.21. The van der Waals surface area contributed by atoms with Crippen molar-refractivity contribution in [1.29, 1.82) is 0 Å². The second-order valence-electron chi connectivity index (χ2n) is 7.56. The van der Waals surface area contributed by atoms with Crippen molar-refractivity contribution in [3.8, 4) is 5.69 Å². The van der Waals surface area contributed by atoms with Crippen LogP contribution in [0.15, 0.2) is 60.8 Å². The van der Waals surface area contributed by atoms with Crippen LogP contribution >= 0.6 is 0 Å². The summed E-state index contributed by atoms with van der Waals surface area (Å²) >= 11 is 0. The lowest BCUT2D eigenvalue weighted by Gasteiger charge is -2.34. The minimum absolute atomic E-state index is 0.300. The second-order valence-corrected chi connectivity index (χ2v) is 7.56. The topological polar surface area (TPSA) is 62.1 Å². The van der Waals surface area contributed by atoms with Gasteiger partial charge in [-0.3, -0.25) is 0 Å². The Morgan fingerprint density at radius 1 is 0.968 bits per heavy atom. The smallest absolute Gasteiger partial charge is 0.229 e. The maximum absolute atomic E-state index is 13.7. The van der Waals surface area contributed by atoms with Crippen LogP contribution in [0.5, 0.6) is 0 Å². The van der Waals surface area contributed by atoms with E-state index in [-0.39, 0.29) is 5.82 Å². The molecule has 0 spiro atoms. The number of anilines is 3. The first-order chi connectivity index (χ1) is 15.2. The Balaban J connectivity index is 1.59. The molecule has 1 aliphatic rings. The highest BCUT2D eigenvalue weighted by Gasteiger charge is 2.21. The predicted octanol–water partition coefficient (Wildman–Crippen LogP) is 3.84. The van der Waals surface area contributed by atoms with E-state index in [2.05, 4.69) is 27.1 Å². The van der Waals surface area contributed by atoms with Crippen LogP contribution in [0.2, 0.25) is 0 Å². The van der Waals surface area contributed by atoms with Crippen LogP contribution in [0.3, 0.4) is 0 Å². The molecule has 31 heavy (non-hydrogen) atoms. The molecular formula is C23H24FN7. The first kappa shape index (κ1) is 19.4. The number of nitrogens with zero attached hydrogens (tertiary/aromatic N) is 6. The van der Waals surface area contributed by atoms with E-state index in [4.69, 9.17) is 9.97 Å². The number of hydrogen-bond donors (Lipinski definition) is 1. The normalized spacial score (nSPS) is 14.8. The van der Waals surface area contributed by atoms with Crippen molar-refractivity contribution in [2.24, 2.45) is 0 Å². The largest absolute Gasteiger partial charge is 0.339 e. The molecule has 1 saturated heterocycles. The van der Waals surface area contributed by atoms with Crippen LogP contribution < -0.4 is 10.2 Å². The Bertz CT molecular complexity index is 1180. The minimum Gasteiger partial charge on any atom is -0.339 e. The first-order valence-corrected chi connectivity index (χ1v) is 10.5. The van der Waals surface area contributed by atoms with Crippen LogP contribution in [0, 0.1) is 5.82 Å². The fourth-order valence-electron chi connectivity index (χ4n) is 3.86. The number of fused-ring (bicyclic) bond motifs is 1. The zero-order valence-corrected chi connectivity index (χ0v) is 17.4. The van der Waals surface area contributed by atoms with Crippen molar-refractivity contribution in [2.75, 3.05) is 42.9 Å². The molecule has 5 rings (SSSR count). The number of hydrogen-bond acceptors (Lipinski definition) is 6. The third-order valence-electron chi connectivity index (χ3n) is 5.61. The molecule has 0 aliphatic carbocycles. The average molecular weight is 417 g/mol. The molecule has 0 amide bonds. The van der Waals surface area contributed by atoms with E-state index in [9.17, 15) is 4.39 Å². The SMILES string of the molecule is CCN1CCN(c2nc(Nc3cccc(F)c3)c3cnn(-c4ccccc4)c3n2)CC1. The fourth-order valence-corrected chi connectivity index (χ4v) is 3.86. The number of aromatic nitrogens is 4. The molecule has 0 radical (unpaired) electrons. The van der Waals surface area contributed by atoms with Crippen molar-refractivity contribution in [3.05, 3.63) is 66.6 Å². The summed E-state index contributed by atoms with van der Waals surface area (Å²) in [4.78, 5) is 14.3. The molecule has 4 aromatic rings. The first-order valence-electron chi connectivity index (χ1n) is 10.5. The second kappa shape index (κ2) is 8.31. The highest BCUT2D eigenvalue weighted by molar-refractivity contribution is 5.90. The van der Waals surface area contributed by atoms with E-state index in [0.29, 0.717) is 23.1 Å². The monoisotopic (exact) mass is 417 g/mol. The summed E-state index contributed by atoms with van der Waals surface area (Å²) in [6.07, 6.45) is 1.75. The molecule has 0 saturated carbocycles. The van der Waals surface area contributed by atoms with Gasteiger partial charge in [0.05, 0.1) is 17.3 Å². The number of nitrogens with one attached hydrogen (secondary N) is 1. The Labute approximate surface area is 180 Å². The van der Waals surface area contributed by atoms with E-state index in [1.54, 1.807) is 12.3 Å². The van der Waals surface area contributed by atoms with Gasteiger partial charge in [0.25, 0.3) is 0 Å². The van der Waals surface area contributed by atoms with Gasteiger partial charge in [-0.1, -0.05) is 31.2 Å². The number of benzene rings is 2. The fraction of sp³-hybridized carbons (Fsp3) is 0.261. The van der Waals surface area contributed by atoms with E-state index < -0.39 is 0 Å². The molecule has 2 aromatic heterocycles. The van der Waals surface area contributed by atoms with Gasteiger partial charge in [0.15, 0.2) is 5.65 Å². The van der Waals surface area contributed by atoms with E-state index >= 15 is 0 Å². The standard InChI is InChI=1S/C23H24FN7/c1-2-29-11-13-30(14-12-29)23-27-21(26-18-8-6-7-17(24)15-18)20-16-25-31(22(20)28-23)19-9-4-3-5-10-19/h3-10,15-16H,2,11-14H2,1H3,(H,26,27,28). The highest BCUT2D eigenvalue weighted by Crippen LogP contribution is 2.28. The van der Waals surface area contributed by atoms with Gasteiger partial charge in [-0.05, 0) is 36.9 Å². The summed E-state index contributed by atoms with van der Waals surface area (Å²) in [5, 5.41) is 8.62. The summed E-state index contributed by atoms with van der Waals surface area (Å²) in [7, 11) is 0. The van der Waals surface area contributed by atoms with Crippen molar-refractivity contribution >= 4 is 28.5 Å². The lowest BCUT2D eigenvalue weighted by Crippen LogP contribution is -2.46. The van der Waals surface area contributed by atoms with Crippen molar-refractivity contribution in [3.63, 3.8) is 0 Å². The molecule has 2 aromatic carbocycles. The molecule has 8 heteroatoms. The lowest BCUT2D eigenvalue weighted by atomic mass is 10.3. The third kappa shape index (κ3) is 3.94. The zero-order chi connectivity index (χ0) is 21.2. The molecule has 158 valence electrons. The van der Waals surface area contributed by atoms with Gasteiger partial charge < -0.3 is 15.1 Å². The molecule has 7 nitrogen and oxygen atoms in total. The average Bonchev–Trinajstić information content (AvgIpc) is 3.24. The van der Waals surface area contributed by atoms with Crippen LogP contribution in [0.1, 0.15) is 6.92 Å². The number of piperazine rings is 1. The van der Waals surface area contributed by atoms with Crippen molar-refractivity contribution in [2.45, 2.75) is 6.92 Å². The summed E-state index contributed by atoms with van der Waals surface area (Å²) in [6, 6.07) is 16.3. The molecule has 0 atom stereocenters.